The predicted molar refractivity (Wildman–Crippen MR) is 123 cm³/mol. The second-order valence-corrected chi connectivity index (χ2v) is 9.24. The minimum absolute atomic E-state index is 0.0637. The Bertz CT molecular complexity index is 1330. The van der Waals surface area contributed by atoms with Crippen molar-refractivity contribution in [2.75, 3.05) is 4.90 Å². The summed E-state index contributed by atoms with van der Waals surface area (Å²) in [4.78, 5) is 40.4. The molecule has 0 aromatic heterocycles. The van der Waals surface area contributed by atoms with Crippen molar-refractivity contribution >= 4 is 23.2 Å². The Labute approximate surface area is 191 Å². The molecule has 1 saturated heterocycles. The number of imide groups is 1. The van der Waals surface area contributed by atoms with E-state index in [-0.39, 0.29) is 29.1 Å². The maximum absolute atomic E-state index is 14.1. The van der Waals surface area contributed by atoms with E-state index in [1.165, 1.54) is 12.1 Å². The molecule has 0 saturated carbocycles. The lowest BCUT2D eigenvalue weighted by Gasteiger charge is -2.54. The predicted octanol–water partition coefficient (Wildman–Crippen LogP) is 4.86. The Morgan fingerprint density at radius 2 is 1.55 bits per heavy atom. The summed E-state index contributed by atoms with van der Waals surface area (Å²) in [6.07, 6.45) is 0.651. The monoisotopic (exact) mass is 438 g/mol. The van der Waals surface area contributed by atoms with E-state index in [9.17, 15) is 19.7 Å². The number of benzene rings is 3. The summed E-state index contributed by atoms with van der Waals surface area (Å²) < 4.78 is 0. The van der Waals surface area contributed by atoms with Gasteiger partial charge in [0.25, 0.3) is 5.69 Å². The number of carbonyl (C=O) groups excluding carboxylic acids is 2. The van der Waals surface area contributed by atoms with E-state index in [4.69, 9.17) is 0 Å². The Hall–Kier alpha value is -3.80. The number of hydrogen-bond acceptors (Lipinski definition) is 4. The third kappa shape index (κ3) is 2.28. The van der Waals surface area contributed by atoms with Crippen molar-refractivity contribution in [3.8, 4) is 0 Å². The molecule has 0 radical (unpaired) electrons. The van der Waals surface area contributed by atoms with E-state index in [1.807, 2.05) is 24.3 Å². The zero-order valence-electron chi connectivity index (χ0n) is 18.3. The molecule has 0 unspecified atom stereocenters. The molecule has 1 fully saturated rings. The summed E-state index contributed by atoms with van der Waals surface area (Å²) in [5, 5.41) is 11.8. The first-order chi connectivity index (χ1) is 15.9. The minimum Gasteiger partial charge on any atom is -0.274 e. The molecule has 7 rings (SSSR count). The van der Waals surface area contributed by atoms with Crippen molar-refractivity contribution in [2.45, 2.75) is 31.6 Å². The maximum Gasteiger partial charge on any atom is 0.293 e. The first-order valence-corrected chi connectivity index (χ1v) is 11.2. The third-order valence-electron chi connectivity index (χ3n) is 7.92. The lowest BCUT2D eigenvalue weighted by molar-refractivity contribution is -0.384. The van der Waals surface area contributed by atoms with Gasteiger partial charge in [-0.1, -0.05) is 61.5 Å². The smallest absolute Gasteiger partial charge is 0.274 e. The molecule has 2 bridgehead atoms. The summed E-state index contributed by atoms with van der Waals surface area (Å²) >= 11 is 0. The molecule has 3 aliphatic carbocycles. The minimum atomic E-state index is -0.645. The molecule has 6 heteroatoms. The Balaban J connectivity index is 1.63. The molecule has 0 spiro atoms. The highest BCUT2D eigenvalue weighted by Gasteiger charge is 2.67. The number of nitro benzene ring substituents is 1. The standard InChI is InChI=1S/C27H22N2O4/c1-3-27-18-10-6-4-8-16(18)22(17-9-5-7-11-19(17)27)23-24(27)26(31)28(25(23)30)20-13-12-15(2)14-21(20)29(32)33/h4-14,22-24H,3H2,1-2H3/t22?,23-,24+,27?/m0/s1. The molecule has 0 N–H and O–H groups in total. The van der Waals surface area contributed by atoms with Crippen molar-refractivity contribution in [2.24, 2.45) is 11.8 Å². The van der Waals surface area contributed by atoms with Gasteiger partial charge in [-0.05, 0) is 47.2 Å². The zero-order chi connectivity index (χ0) is 23.1. The Kier molecular flexibility index (Phi) is 3.97. The second-order valence-electron chi connectivity index (χ2n) is 9.24. The molecule has 1 heterocycles. The fourth-order valence-electron chi connectivity index (χ4n) is 6.74. The van der Waals surface area contributed by atoms with Crippen LogP contribution in [0.25, 0.3) is 0 Å². The normalized spacial score (nSPS) is 26.7. The van der Waals surface area contributed by atoms with Gasteiger partial charge in [0.05, 0.1) is 16.8 Å². The Morgan fingerprint density at radius 1 is 0.939 bits per heavy atom. The molecule has 164 valence electrons. The fourth-order valence-corrected chi connectivity index (χ4v) is 6.74. The SMILES string of the molecule is CCC12c3ccccc3C(c3ccccc31)[C@@H]1C(=O)N(c3ccc(C)cc3[N+](=O)[O-])C(=O)[C@@H]12. The number of rotatable bonds is 3. The van der Waals surface area contributed by atoms with Gasteiger partial charge in [-0.2, -0.15) is 0 Å². The van der Waals surface area contributed by atoms with Gasteiger partial charge in [0, 0.05) is 17.4 Å². The molecule has 2 atom stereocenters. The summed E-state index contributed by atoms with van der Waals surface area (Å²) in [5.41, 5.74) is 4.26. The van der Waals surface area contributed by atoms with Crippen LogP contribution in [0.5, 0.6) is 0 Å². The number of amides is 2. The first-order valence-electron chi connectivity index (χ1n) is 11.2. The van der Waals surface area contributed by atoms with Crippen molar-refractivity contribution in [1.82, 2.24) is 0 Å². The van der Waals surface area contributed by atoms with E-state index in [2.05, 4.69) is 31.2 Å². The van der Waals surface area contributed by atoms with Gasteiger partial charge in [0.15, 0.2) is 0 Å². The number of aryl methyl sites for hydroxylation is 1. The third-order valence-corrected chi connectivity index (χ3v) is 7.92. The molecule has 1 aliphatic heterocycles. The summed E-state index contributed by atoms with van der Waals surface area (Å²) in [6.45, 7) is 3.81. The van der Waals surface area contributed by atoms with Crippen LogP contribution in [-0.4, -0.2) is 16.7 Å². The number of nitrogens with zero attached hydrogens (tertiary/aromatic N) is 2. The van der Waals surface area contributed by atoms with Crippen LogP contribution in [0.1, 0.15) is 47.1 Å². The highest BCUT2D eigenvalue weighted by atomic mass is 16.6. The maximum atomic E-state index is 14.1. The van der Waals surface area contributed by atoms with Gasteiger partial charge in [-0.15, -0.1) is 0 Å². The van der Waals surface area contributed by atoms with E-state index in [0.717, 1.165) is 27.2 Å². The molecular weight excluding hydrogens is 416 g/mol. The Morgan fingerprint density at radius 3 is 2.12 bits per heavy atom. The average Bonchev–Trinajstić information content (AvgIpc) is 3.10. The van der Waals surface area contributed by atoms with Gasteiger partial charge in [-0.3, -0.25) is 19.7 Å². The van der Waals surface area contributed by atoms with Crippen LogP contribution in [0.3, 0.4) is 0 Å². The number of carbonyl (C=O) groups is 2. The van der Waals surface area contributed by atoms with E-state index < -0.39 is 22.2 Å². The van der Waals surface area contributed by atoms with Crippen LogP contribution in [0, 0.1) is 28.9 Å². The van der Waals surface area contributed by atoms with Crippen molar-refractivity contribution in [1.29, 1.82) is 0 Å². The highest BCUT2D eigenvalue weighted by molar-refractivity contribution is 6.24. The van der Waals surface area contributed by atoms with Gasteiger partial charge in [0.1, 0.15) is 5.69 Å². The van der Waals surface area contributed by atoms with Crippen molar-refractivity contribution < 1.29 is 14.5 Å². The van der Waals surface area contributed by atoms with Crippen LogP contribution in [0.2, 0.25) is 0 Å². The van der Waals surface area contributed by atoms with Crippen LogP contribution >= 0.6 is 0 Å². The molecule has 3 aromatic rings. The largest absolute Gasteiger partial charge is 0.293 e. The molecule has 3 aromatic carbocycles. The summed E-state index contributed by atoms with van der Waals surface area (Å²) in [7, 11) is 0. The molecule has 4 aliphatic rings. The topological polar surface area (TPSA) is 80.5 Å². The van der Waals surface area contributed by atoms with Crippen LogP contribution in [0.4, 0.5) is 11.4 Å². The lowest BCUT2D eigenvalue weighted by Crippen LogP contribution is -2.53. The van der Waals surface area contributed by atoms with Crippen LogP contribution in [0.15, 0.2) is 66.7 Å². The van der Waals surface area contributed by atoms with Gasteiger partial charge < -0.3 is 0 Å². The van der Waals surface area contributed by atoms with Crippen molar-refractivity contribution in [3.05, 3.63) is 105 Å². The van der Waals surface area contributed by atoms with Crippen LogP contribution in [-0.2, 0) is 15.0 Å². The van der Waals surface area contributed by atoms with E-state index in [1.54, 1.807) is 13.0 Å². The van der Waals surface area contributed by atoms with E-state index >= 15 is 0 Å². The number of anilines is 1. The highest BCUT2D eigenvalue weighted by Crippen LogP contribution is 2.65. The number of nitro groups is 1. The quantitative estimate of drug-likeness (QED) is 0.332. The van der Waals surface area contributed by atoms with Gasteiger partial charge in [-0.25, -0.2) is 4.90 Å². The van der Waals surface area contributed by atoms with Crippen LogP contribution < -0.4 is 4.90 Å². The fraction of sp³-hybridized carbons (Fsp3) is 0.259. The molecule has 2 amide bonds. The van der Waals surface area contributed by atoms with Gasteiger partial charge >= 0.3 is 0 Å². The lowest BCUT2D eigenvalue weighted by atomic mass is 9.46. The van der Waals surface area contributed by atoms with Gasteiger partial charge in [0.2, 0.25) is 11.8 Å². The zero-order valence-corrected chi connectivity index (χ0v) is 18.3. The average molecular weight is 438 g/mol. The summed E-state index contributed by atoms with van der Waals surface area (Å²) in [5.74, 6) is -2.10. The summed E-state index contributed by atoms with van der Waals surface area (Å²) in [6, 6.07) is 20.9. The first kappa shape index (κ1) is 19.9. The molecule has 33 heavy (non-hydrogen) atoms. The second kappa shape index (κ2) is 6.61. The number of hydrogen-bond donors (Lipinski definition) is 0. The molecule has 6 nitrogen and oxygen atoms in total. The molecular formula is C27H22N2O4. The van der Waals surface area contributed by atoms with Crippen molar-refractivity contribution in [3.63, 3.8) is 0 Å². The van der Waals surface area contributed by atoms with E-state index in [0.29, 0.717) is 12.0 Å².